The molecule has 0 saturated heterocycles. The number of aryl methyl sites for hydroxylation is 2. The summed E-state index contributed by atoms with van der Waals surface area (Å²) in [4.78, 5) is 12.0. The van der Waals surface area contributed by atoms with Gasteiger partial charge in [0.1, 0.15) is 17.0 Å². The number of carbonyl (C=O) groups is 1. The van der Waals surface area contributed by atoms with Crippen LogP contribution >= 0.6 is 0 Å². The zero-order valence-electron chi connectivity index (χ0n) is 22.1. The zero-order chi connectivity index (χ0) is 26.3. The van der Waals surface area contributed by atoms with Crippen molar-refractivity contribution in [2.24, 2.45) is 7.05 Å². The Morgan fingerprint density at radius 3 is 1.78 bits per heavy atom. The molecule has 1 heterocycles. The van der Waals surface area contributed by atoms with Crippen molar-refractivity contribution >= 4 is 11.9 Å². The van der Waals surface area contributed by atoms with Gasteiger partial charge in [-0.15, -0.1) is 0 Å². The quantitative estimate of drug-likeness (QED) is 0.211. The molecule has 0 atom stereocenters. The third-order valence-corrected chi connectivity index (χ3v) is 6.23. The summed E-state index contributed by atoms with van der Waals surface area (Å²) in [6.45, 7) is 6.10. The molecule has 0 bridgehead atoms. The summed E-state index contributed by atoms with van der Waals surface area (Å²) >= 11 is 0. The van der Waals surface area contributed by atoms with E-state index in [-0.39, 0.29) is 0 Å². The first-order chi connectivity index (χ1) is 17.8. The van der Waals surface area contributed by atoms with Gasteiger partial charge in [-0.05, 0) is 50.3 Å². The van der Waals surface area contributed by atoms with Crippen LogP contribution in [0.4, 0.5) is 10.6 Å². The summed E-state index contributed by atoms with van der Waals surface area (Å²) < 4.78 is 7.24. The molecule has 0 radical (unpaired) electrons. The molecule has 0 aliphatic carbocycles. The molecule has 37 heavy (non-hydrogen) atoms. The van der Waals surface area contributed by atoms with Crippen molar-refractivity contribution in [2.75, 3.05) is 11.9 Å². The van der Waals surface area contributed by atoms with Crippen molar-refractivity contribution in [3.63, 3.8) is 0 Å². The van der Waals surface area contributed by atoms with E-state index in [0.29, 0.717) is 6.54 Å². The summed E-state index contributed by atoms with van der Waals surface area (Å²) in [5.41, 5.74) is 3.32. The summed E-state index contributed by atoms with van der Waals surface area (Å²) in [6, 6.07) is 31.5. The molecule has 0 fully saturated rings. The lowest BCUT2D eigenvalue weighted by Crippen LogP contribution is -2.39. The minimum Gasteiger partial charge on any atom is -0.444 e. The first-order valence-corrected chi connectivity index (χ1v) is 12.7. The second-order valence-electron chi connectivity index (χ2n) is 10.1. The molecule has 2 N–H and O–H groups in total. The molecule has 6 nitrogen and oxygen atoms in total. The smallest absolute Gasteiger partial charge is 0.407 e. The van der Waals surface area contributed by atoms with Crippen LogP contribution in [0.3, 0.4) is 0 Å². The Morgan fingerprint density at radius 2 is 1.32 bits per heavy atom. The van der Waals surface area contributed by atoms with E-state index in [1.807, 2.05) is 56.9 Å². The van der Waals surface area contributed by atoms with Crippen molar-refractivity contribution in [3.05, 3.63) is 119 Å². The van der Waals surface area contributed by atoms with Crippen LogP contribution in [0.2, 0.25) is 0 Å². The molecule has 0 spiro atoms. The van der Waals surface area contributed by atoms with E-state index in [1.54, 1.807) is 0 Å². The summed E-state index contributed by atoms with van der Waals surface area (Å²) in [6.07, 6.45) is 3.02. The zero-order valence-corrected chi connectivity index (χ0v) is 22.1. The lowest BCUT2D eigenvalue weighted by Gasteiger charge is -2.38. The SMILES string of the molecule is Cn1ncc(CCCNC(=O)OC(C)(C)C)c1NC(c1ccccc1)(c1ccccc1)c1ccccc1. The highest BCUT2D eigenvalue weighted by Crippen LogP contribution is 2.40. The van der Waals surface area contributed by atoms with E-state index in [4.69, 9.17) is 4.74 Å². The van der Waals surface area contributed by atoms with Crippen molar-refractivity contribution in [2.45, 2.75) is 44.8 Å². The highest BCUT2D eigenvalue weighted by molar-refractivity contribution is 5.67. The second-order valence-corrected chi connectivity index (χ2v) is 10.1. The molecule has 3 aromatic carbocycles. The van der Waals surface area contributed by atoms with Gasteiger partial charge in [0, 0.05) is 19.2 Å². The predicted octanol–water partition coefficient (Wildman–Crippen LogP) is 6.28. The molecule has 1 aromatic heterocycles. The molecule has 0 aliphatic rings. The van der Waals surface area contributed by atoms with Gasteiger partial charge >= 0.3 is 6.09 Å². The van der Waals surface area contributed by atoms with Gasteiger partial charge in [-0.1, -0.05) is 91.0 Å². The van der Waals surface area contributed by atoms with Crippen LogP contribution in [0, 0.1) is 0 Å². The number of benzene rings is 3. The molecular weight excluding hydrogens is 460 g/mol. The van der Waals surface area contributed by atoms with Crippen molar-refractivity contribution in [3.8, 4) is 0 Å². The highest BCUT2D eigenvalue weighted by atomic mass is 16.6. The van der Waals surface area contributed by atoms with Gasteiger partial charge < -0.3 is 15.4 Å². The Labute approximate surface area is 219 Å². The number of carbonyl (C=O) groups excluding carboxylic acids is 1. The maximum absolute atomic E-state index is 12.0. The van der Waals surface area contributed by atoms with E-state index in [1.165, 1.54) is 0 Å². The molecule has 0 unspecified atom stereocenters. The normalized spacial score (nSPS) is 11.7. The fourth-order valence-corrected chi connectivity index (χ4v) is 4.57. The van der Waals surface area contributed by atoms with E-state index < -0.39 is 17.2 Å². The van der Waals surface area contributed by atoms with E-state index in [0.717, 1.165) is 40.9 Å². The van der Waals surface area contributed by atoms with Crippen LogP contribution in [0.25, 0.3) is 0 Å². The standard InChI is InChI=1S/C31H36N4O2/c1-30(2,3)37-29(36)32-22-14-15-24-23-33-35(4)28(24)34-31(25-16-8-5-9-17-25,26-18-10-6-11-19-26)27-20-12-7-13-21-27/h5-13,16-21,23,34H,14-15,22H2,1-4H3,(H,32,36). The first kappa shape index (κ1) is 26.0. The highest BCUT2D eigenvalue weighted by Gasteiger charge is 2.37. The molecular formula is C31H36N4O2. The van der Waals surface area contributed by atoms with Crippen molar-refractivity contribution in [1.82, 2.24) is 15.1 Å². The fourth-order valence-electron chi connectivity index (χ4n) is 4.57. The fraction of sp³-hybridized carbons (Fsp3) is 0.290. The summed E-state index contributed by atoms with van der Waals surface area (Å²) in [5, 5.41) is 11.4. The Morgan fingerprint density at radius 1 is 0.838 bits per heavy atom. The van der Waals surface area contributed by atoms with E-state index in [9.17, 15) is 4.79 Å². The number of hydrogen-bond donors (Lipinski definition) is 2. The minimum absolute atomic E-state index is 0.395. The van der Waals surface area contributed by atoms with Gasteiger partial charge in [0.15, 0.2) is 0 Å². The van der Waals surface area contributed by atoms with Crippen LogP contribution in [-0.2, 0) is 23.7 Å². The average Bonchev–Trinajstić information content (AvgIpc) is 3.24. The second kappa shape index (κ2) is 11.3. The summed E-state index contributed by atoms with van der Waals surface area (Å²) in [5.74, 6) is 0.939. The number of hydrogen-bond acceptors (Lipinski definition) is 4. The molecule has 1 amide bonds. The van der Waals surface area contributed by atoms with Crippen LogP contribution in [0.15, 0.2) is 97.2 Å². The van der Waals surface area contributed by atoms with E-state index in [2.05, 4.69) is 88.5 Å². The Kier molecular flexibility index (Phi) is 7.97. The van der Waals surface area contributed by atoms with Gasteiger partial charge in [0.2, 0.25) is 0 Å². The van der Waals surface area contributed by atoms with Crippen molar-refractivity contribution in [1.29, 1.82) is 0 Å². The number of alkyl carbamates (subject to hydrolysis) is 1. The minimum atomic E-state index is -0.638. The molecule has 4 aromatic rings. The number of ether oxygens (including phenoxy) is 1. The number of anilines is 1. The Hall–Kier alpha value is -4.06. The number of rotatable bonds is 9. The number of nitrogens with zero attached hydrogens (tertiary/aromatic N) is 2. The Bertz CT molecular complexity index is 1180. The lowest BCUT2D eigenvalue weighted by atomic mass is 9.77. The van der Waals surface area contributed by atoms with Gasteiger partial charge in [-0.25, -0.2) is 4.79 Å². The van der Waals surface area contributed by atoms with Gasteiger partial charge in [0.05, 0.1) is 6.20 Å². The number of amides is 1. The largest absolute Gasteiger partial charge is 0.444 e. The Balaban J connectivity index is 1.67. The third kappa shape index (κ3) is 6.20. The average molecular weight is 497 g/mol. The number of nitrogens with one attached hydrogen (secondary N) is 2. The molecule has 0 aliphatic heterocycles. The van der Waals surface area contributed by atoms with Gasteiger partial charge in [-0.3, -0.25) is 4.68 Å². The third-order valence-electron chi connectivity index (χ3n) is 6.23. The monoisotopic (exact) mass is 496 g/mol. The first-order valence-electron chi connectivity index (χ1n) is 12.7. The topological polar surface area (TPSA) is 68.2 Å². The van der Waals surface area contributed by atoms with Crippen molar-refractivity contribution < 1.29 is 9.53 Å². The van der Waals surface area contributed by atoms with Crippen LogP contribution < -0.4 is 10.6 Å². The van der Waals surface area contributed by atoms with E-state index >= 15 is 0 Å². The lowest BCUT2D eigenvalue weighted by molar-refractivity contribution is 0.0527. The number of aromatic nitrogens is 2. The van der Waals surface area contributed by atoms with Gasteiger partial charge in [0.25, 0.3) is 0 Å². The van der Waals surface area contributed by atoms with Crippen LogP contribution in [0.1, 0.15) is 49.4 Å². The molecule has 0 saturated carbocycles. The van der Waals surface area contributed by atoms with Gasteiger partial charge in [-0.2, -0.15) is 5.10 Å². The van der Waals surface area contributed by atoms with Crippen LogP contribution in [0.5, 0.6) is 0 Å². The summed E-state index contributed by atoms with van der Waals surface area (Å²) in [7, 11) is 1.95. The maximum atomic E-state index is 12.0. The molecule has 6 heteroatoms. The molecule has 4 rings (SSSR count). The predicted molar refractivity (Wildman–Crippen MR) is 149 cm³/mol. The molecule has 192 valence electrons. The maximum Gasteiger partial charge on any atom is 0.407 e. The van der Waals surface area contributed by atoms with Crippen LogP contribution in [-0.4, -0.2) is 28.0 Å².